The second kappa shape index (κ2) is 5.94. The van der Waals surface area contributed by atoms with Crippen LogP contribution < -0.4 is 10.0 Å². The SMILES string of the molecule is CNCc1cc(S(=O)(=O)Nc2cnccc2C)c(Br)o1. The Morgan fingerprint density at radius 3 is 2.85 bits per heavy atom. The van der Waals surface area contributed by atoms with Gasteiger partial charge in [0.1, 0.15) is 10.7 Å². The lowest BCUT2D eigenvalue weighted by Gasteiger charge is -2.08. The van der Waals surface area contributed by atoms with Gasteiger partial charge in [-0.05, 0) is 41.5 Å². The molecule has 0 aliphatic rings. The molecule has 0 aliphatic heterocycles. The summed E-state index contributed by atoms with van der Waals surface area (Å²) < 4.78 is 32.7. The number of nitrogens with one attached hydrogen (secondary N) is 2. The Bertz CT molecular complexity index is 712. The fourth-order valence-corrected chi connectivity index (χ4v) is 3.73. The molecule has 0 aliphatic carbocycles. The van der Waals surface area contributed by atoms with Crippen molar-refractivity contribution < 1.29 is 12.8 Å². The predicted molar refractivity (Wildman–Crippen MR) is 79.0 cm³/mol. The largest absolute Gasteiger partial charge is 0.451 e. The smallest absolute Gasteiger partial charge is 0.266 e. The van der Waals surface area contributed by atoms with Crippen molar-refractivity contribution in [2.75, 3.05) is 11.8 Å². The third-order valence-corrected chi connectivity index (χ3v) is 4.85. The Labute approximate surface area is 125 Å². The van der Waals surface area contributed by atoms with Crippen molar-refractivity contribution in [2.24, 2.45) is 0 Å². The Balaban J connectivity index is 2.33. The van der Waals surface area contributed by atoms with E-state index in [0.29, 0.717) is 18.0 Å². The van der Waals surface area contributed by atoms with Crippen LogP contribution >= 0.6 is 15.9 Å². The number of hydrogen-bond donors (Lipinski definition) is 2. The third kappa shape index (κ3) is 3.20. The normalized spacial score (nSPS) is 11.6. The Morgan fingerprint density at radius 1 is 1.45 bits per heavy atom. The van der Waals surface area contributed by atoms with Crippen LogP contribution in [0.25, 0.3) is 0 Å². The molecule has 2 aromatic heterocycles. The van der Waals surface area contributed by atoms with Crippen LogP contribution in [0.2, 0.25) is 0 Å². The monoisotopic (exact) mass is 359 g/mol. The number of pyridine rings is 1. The van der Waals surface area contributed by atoms with Gasteiger partial charge in [0, 0.05) is 12.3 Å². The number of halogens is 1. The lowest BCUT2D eigenvalue weighted by molar-refractivity contribution is 0.470. The van der Waals surface area contributed by atoms with Crippen molar-refractivity contribution in [3.05, 3.63) is 40.5 Å². The molecular formula is C12H14BrN3O3S. The van der Waals surface area contributed by atoms with Crippen LogP contribution in [0.15, 0.2) is 38.5 Å². The molecular weight excluding hydrogens is 346 g/mol. The van der Waals surface area contributed by atoms with E-state index in [-0.39, 0.29) is 9.56 Å². The summed E-state index contributed by atoms with van der Waals surface area (Å²) in [6, 6.07) is 3.21. The van der Waals surface area contributed by atoms with Crippen LogP contribution in [0, 0.1) is 6.92 Å². The van der Waals surface area contributed by atoms with Gasteiger partial charge in [-0.15, -0.1) is 0 Å². The second-order valence-corrected chi connectivity index (χ2v) is 6.55. The van der Waals surface area contributed by atoms with Gasteiger partial charge in [0.15, 0.2) is 4.67 Å². The van der Waals surface area contributed by atoms with Crippen LogP contribution in [0.5, 0.6) is 0 Å². The first-order valence-electron chi connectivity index (χ1n) is 5.80. The van der Waals surface area contributed by atoms with E-state index < -0.39 is 10.0 Å². The van der Waals surface area contributed by atoms with E-state index in [2.05, 4.69) is 31.0 Å². The van der Waals surface area contributed by atoms with Gasteiger partial charge >= 0.3 is 0 Å². The summed E-state index contributed by atoms with van der Waals surface area (Å²) in [6.45, 7) is 2.25. The van der Waals surface area contributed by atoms with E-state index in [1.54, 1.807) is 26.2 Å². The molecule has 0 bridgehead atoms. The van der Waals surface area contributed by atoms with Gasteiger partial charge in [0.2, 0.25) is 0 Å². The number of sulfonamides is 1. The highest BCUT2D eigenvalue weighted by molar-refractivity contribution is 9.10. The minimum atomic E-state index is -3.72. The van der Waals surface area contributed by atoms with Crippen molar-refractivity contribution in [1.82, 2.24) is 10.3 Å². The Kier molecular flexibility index (Phi) is 4.46. The van der Waals surface area contributed by atoms with Gasteiger partial charge in [-0.2, -0.15) is 0 Å². The number of anilines is 1. The maximum Gasteiger partial charge on any atom is 0.266 e. The third-order valence-electron chi connectivity index (χ3n) is 2.63. The van der Waals surface area contributed by atoms with Crippen LogP contribution in [-0.4, -0.2) is 20.4 Å². The summed E-state index contributed by atoms with van der Waals surface area (Å²) >= 11 is 3.13. The maximum absolute atomic E-state index is 12.3. The minimum absolute atomic E-state index is 0.0611. The molecule has 2 rings (SSSR count). The Hall–Kier alpha value is -1.38. The lowest BCUT2D eigenvalue weighted by Crippen LogP contribution is -2.13. The van der Waals surface area contributed by atoms with Crippen LogP contribution in [0.1, 0.15) is 11.3 Å². The number of aromatic nitrogens is 1. The standard InChI is InChI=1S/C12H14BrN3O3S/c1-8-3-4-15-7-10(8)16-20(17,18)11-5-9(6-14-2)19-12(11)13/h3-5,7,14,16H,6H2,1-2H3. The minimum Gasteiger partial charge on any atom is -0.451 e. The molecule has 0 amide bonds. The van der Waals surface area contributed by atoms with Crippen molar-refractivity contribution in [3.63, 3.8) is 0 Å². The average molecular weight is 360 g/mol. The zero-order chi connectivity index (χ0) is 14.8. The highest BCUT2D eigenvalue weighted by Gasteiger charge is 2.23. The molecule has 2 N–H and O–H groups in total. The molecule has 20 heavy (non-hydrogen) atoms. The van der Waals surface area contributed by atoms with Gasteiger partial charge in [0.05, 0.1) is 18.4 Å². The van der Waals surface area contributed by atoms with Gasteiger partial charge in [0.25, 0.3) is 10.0 Å². The summed E-state index contributed by atoms with van der Waals surface area (Å²) in [5, 5.41) is 2.89. The van der Waals surface area contributed by atoms with E-state index in [9.17, 15) is 8.42 Å². The van der Waals surface area contributed by atoms with Crippen LogP contribution in [-0.2, 0) is 16.6 Å². The predicted octanol–water partition coefficient (Wildman–Crippen LogP) is 2.27. The molecule has 8 heteroatoms. The van der Waals surface area contributed by atoms with E-state index in [1.807, 2.05) is 0 Å². The highest BCUT2D eigenvalue weighted by atomic mass is 79.9. The van der Waals surface area contributed by atoms with Crippen molar-refractivity contribution >= 4 is 31.6 Å². The van der Waals surface area contributed by atoms with E-state index in [1.165, 1.54) is 12.3 Å². The summed E-state index contributed by atoms with van der Waals surface area (Å²) in [5.74, 6) is 0.530. The molecule has 6 nitrogen and oxygen atoms in total. The number of hydrogen-bond acceptors (Lipinski definition) is 5. The van der Waals surface area contributed by atoms with Gasteiger partial charge in [-0.1, -0.05) is 0 Å². The van der Waals surface area contributed by atoms with Gasteiger partial charge < -0.3 is 9.73 Å². The second-order valence-electron chi connectivity index (χ2n) is 4.18. The zero-order valence-electron chi connectivity index (χ0n) is 11.0. The average Bonchev–Trinajstić information content (AvgIpc) is 2.74. The molecule has 0 spiro atoms. The van der Waals surface area contributed by atoms with E-state index in [0.717, 1.165) is 5.56 Å². The summed E-state index contributed by atoms with van der Waals surface area (Å²) in [7, 11) is -1.97. The molecule has 0 atom stereocenters. The summed E-state index contributed by atoms with van der Waals surface area (Å²) in [6.07, 6.45) is 3.07. The number of furan rings is 1. The number of aryl methyl sites for hydroxylation is 1. The molecule has 2 aromatic rings. The zero-order valence-corrected chi connectivity index (χ0v) is 13.4. The van der Waals surface area contributed by atoms with Crippen molar-refractivity contribution in [2.45, 2.75) is 18.4 Å². The number of rotatable bonds is 5. The summed E-state index contributed by atoms with van der Waals surface area (Å²) in [5.41, 5.74) is 1.23. The topological polar surface area (TPSA) is 84.2 Å². The first-order chi connectivity index (χ1) is 9.44. The van der Waals surface area contributed by atoms with Crippen molar-refractivity contribution in [1.29, 1.82) is 0 Å². The van der Waals surface area contributed by atoms with E-state index in [4.69, 9.17) is 4.42 Å². The lowest BCUT2D eigenvalue weighted by atomic mass is 10.3. The van der Waals surface area contributed by atoms with Crippen LogP contribution in [0.4, 0.5) is 5.69 Å². The molecule has 0 unspecified atom stereocenters. The molecule has 0 aromatic carbocycles. The van der Waals surface area contributed by atoms with Gasteiger partial charge in [-0.3, -0.25) is 9.71 Å². The molecule has 0 fully saturated rings. The fraction of sp³-hybridized carbons (Fsp3) is 0.250. The first-order valence-corrected chi connectivity index (χ1v) is 8.08. The van der Waals surface area contributed by atoms with Crippen LogP contribution in [0.3, 0.4) is 0 Å². The summed E-state index contributed by atoms with van der Waals surface area (Å²) in [4.78, 5) is 3.97. The molecule has 108 valence electrons. The maximum atomic E-state index is 12.3. The highest BCUT2D eigenvalue weighted by Crippen LogP contribution is 2.28. The molecule has 2 heterocycles. The number of nitrogens with zero attached hydrogens (tertiary/aromatic N) is 1. The molecule has 0 saturated carbocycles. The first kappa shape index (κ1) is 15.0. The molecule has 0 saturated heterocycles. The quantitative estimate of drug-likeness (QED) is 0.855. The van der Waals surface area contributed by atoms with Crippen molar-refractivity contribution in [3.8, 4) is 0 Å². The Morgan fingerprint density at radius 2 is 2.20 bits per heavy atom. The molecule has 0 radical (unpaired) electrons. The van der Waals surface area contributed by atoms with E-state index >= 15 is 0 Å². The fourth-order valence-electron chi connectivity index (χ4n) is 1.61. The van der Waals surface area contributed by atoms with Gasteiger partial charge in [-0.25, -0.2) is 8.42 Å².